The predicted octanol–water partition coefficient (Wildman–Crippen LogP) is 7.74. The second-order valence-electron chi connectivity index (χ2n) is 7.74. The SMILES string of the molecule is O=C(Cc1ccc(F)cc1)c1cc(NC(=O)C2C(c3cc(Cl)cc(Cl)c3)C2(Cl)Cl)ccc1Cl. The van der Waals surface area contributed by atoms with Gasteiger partial charge in [0.2, 0.25) is 5.91 Å². The van der Waals surface area contributed by atoms with Crippen LogP contribution in [0.5, 0.6) is 0 Å². The van der Waals surface area contributed by atoms with E-state index in [-0.39, 0.29) is 28.6 Å². The molecule has 0 spiro atoms. The van der Waals surface area contributed by atoms with Crippen LogP contribution < -0.4 is 5.32 Å². The number of rotatable bonds is 6. The number of nitrogens with one attached hydrogen (secondary N) is 1. The van der Waals surface area contributed by atoms with Gasteiger partial charge in [0.05, 0.1) is 10.9 Å². The van der Waals surface area contributed by atoms with Crippen molar-refractivity contribution < 1.29 is 14.0 Å². The Morgan fingerprint density at radius 1 is 0.909 bits per heavy atom. The maximum Gasteiger partial charge on any atom is 0.231 e. The molecule has 4 rings (SSSR count). The number of hydrogen-bond donors (Lipinski definition) is 1. The number of Topliss-reactive ketones (excluding diaryl/α,β-unsaturated/α-hetero) is 1. The van der Waals surface area contributed by atoms with Crippen molar-refractivity contribution in [2.45, 2.75) is 16.7 Å². The van der Waals surface area contributed by atoms with Gasteiger partial charge in [0, 0.05) is 33.6 Å². The van der Waals surface area contributed by atoms with Crippen LogP contribution in [0.25, 0.3) is 0 Å². The first-order chi connectivity index (χ1) is 15.6. The summed E-state index contributed by atoms with van der Waals surface area (Å²) in [6.07, 6.45) is 0.0318. The smallest absolute Gasteiger partial charge is 0.231 e. The minimum absolute atomic E-state index is 0.0318. The molecular weight excluding hydrogens is 531 g/mol. The topological polar surface area (TPSA) is 46.2 Å². The van der Waals surface area contributed by atoms with Gasteiger partial charge in [-0.2, -0.15) is 0 Å². The first-order valence-corrected chi connectivity index (χ1v) is 11.7. The number of anilines is 1. The Balaban J connectivity index is 1.50. The van der Waals surface area contributed by atoms with E-state index in [0.717, 1.165) is 0 Å². The fraction of sp³-hybridized carbons (Fsp3) is 0.167. The van der Waals surface area contributed by atoms with Crippen LogP contribution in [-0.2, 0) is 11.2 Å². The van der Waals surface area contributed by atoms with Gasteiger partial charge >= 0.3 is 0 Å². The van der Waals surface area contributed by atoms with E-state index in [9.17, 15) is 14.0 Å². The minimum atomic E-state index is -1.33. The molecule has 1 amide bonds. The van der Waals surface area contributed by atoms with Gasteiger partial charge < -0.3 is 5.32 Å². The number of amides is 1. The zero-order valence-corrected chi connectivity index (χ0v) is 20.5. The van der Waals surface area contributed by atoms with E-state index in [2.05, 4.69) is 5.32 Å². The highest BCUT2D eigenvalue weighted by molar-refractivity contribution is 6.53. The van der Waals surface area contributed by atoms with Gasteiger partial charge in [0.15, 0.2) is 5.78 Å². The molecule has 0 radical (unpaired) electrons. The Morgan fingerprint density at radius 2 is 1.55 bits per heavy atom. The normalized spacial score (nSPS) is 18.6. The maximum absolute atomic E-state index is 13.1. The number of alkyl halides is 2. The summed E-state index contributed by atoms with van der Waals surface area (Å²) in [5.74, 6) is -2.32. The molecule has 3 aromatic carbocycles. The molecule has 0 aliphatic heterocycles. The van der Waals surface area contributed by atoms with E-state index in [4.69, 9.17) is 58.0 Å². The molecule has 2 atom stereocenters. The Kier molecular flexibility index (Phi) is 6.95. The Bertz CT molecular complexity index is 1230. The highest BCUT2D eigenvalue weighted by Crippen LogP contribution is 2.65. The summed E-state index contributed by atoms with van der Waals surface area (Å²) in [6, 6.07) is 15.1. The summed E-state index contributed by atoms with van der Waals surface area (Å²) < 4.78 is 11.8. The van der Waals surface area contributed by atoms with E-state index in [0.29, 0.717) is 26.9 Å². The van der Waals surface area contributed by atoms with Crippen molar-refractivity contribution in [3.8, 4) is 0 Å². The zero-order valence-electron chi connectivity index (χ0n) is 16.7. The maximum atomic E-state index is 13.1. The van der Waals surface area contributed by atoms with Crippen molar-refractivity contribution in [1.82, 2.24) is 0 Å². The number of carbonyl (C=O) groups is 2. The van der Waals surface area contributed by atoms with Crippen molar-refractivity contribution in [3.05, 3.63) is 98.2 Å². The van der Waals surface area contributed by atoms with Crippen LogP contribution >= 0.6 is 58.0 Å². The first-order valence-electron chi connectivity index (χ1n) is 9.78. The second kappa shape index (κ2) is 9.44. The van der Waals surface area contributed by atoms with Gasteiger partial charge in [-0.05, 0) is 59.7 Å². The van der Waals surface area contributed by atoms with Crippen LogP contribution in [0.4, 0.5) is 10.1 Å². The third-order valence-electron chi connectivity index (χ3n) is 5.39. The lowest BCUT2D eigenvalue weighted by atomic mass is 10.0. The number of benzene rings is 3. The van der Waals surface area contributed by atoms with E-state index in [1.165, 1.54) is 36.4 Å². The van der Waals surface area contributed by atoms with Gasteiger partial charge in [-0.3, -0.25) is 9.59 Å². The minimum Gasteiger partial charge on any atom is -0.326 e. The average Bonchev–Trinajstić information content (AvgIpc) is 3.32. The number of hydrogen-bond acceptors (Lipinski definition) is 2. The monoisotopic (exact) mass is 543 g/mol. The summed E-state index contributed by atoms with van der Waals surface area (Å²) in [7, 11) is 0. The van der Waals surface area contributed by atoms with Crippen LogP contribution in [0.1, 0.15) is 27.4 Å². The van der Waals surface area contributed by atoms with Gasteiger partial charge in [0.1, 0.15) is 10.2 Å². The standard InChI is InChI=1S/C24H15Cl5FNO2/c25-14-8-13(9-15(26)10-14)21-22(24(21,28)29)23(33)31-17-5-6-19(27)18(11-17)20(32)7-12-1-3-16(30)4-2-12/h1-6,8-11,21-22H,7H2,(H,31,33). The Labute approximate surface area is 214 Å². The van der Waals surface area contributed by atoms with Crippen molar-refractivity contribution in [2.24, 2.45) is 5.92 Å². The molecule has 1 fully saturated rings. The average molecular weight is 546 g/mol. The van der Waals surface area contributed by atoms with Gasteiger partial charge in [-0.15, -0.1) is 23.2 Å². The molecule has 3 aromatic rings. The Morgan fingerprint density at radius 3 is 2.18 bits per heavy atom. The van der Waals surface area contributed by atoms with E-state index < -0.39 is 22.1 Å². The number of carbonyl (C=O) groups excluding carboxylic acids is 2. The van der Waals surface area contributed by atoms with Crippen LogP contribution in [0.3, 0.4) is 0 Å². The molecule has 0 saturated heterocycles. The van der Waals surface area contributed by atoms with Crippen molar-refractivity contribution in [2.75, 3.05) is 5.32 Å². The molecule has 2 unspecified atom stereocenters. The molecule has 170 valence electrons. The predicted molar refractivity (Wildman–Crippen MR) is 132 cm³/mol. The second-order valence-corrected chi connectivity index (χ2v) is 10.5. The molecular formula is C24H15Cl5FNO2. The molecule has 9 heteroatoms. The van der Waals surface area contributed by atoms with Gasteiger partial charge in [0.25, 0.3) is 0 Å². The number of halogens is 6. The largest absolute Gasteiger partial charge is 0.326 e. The van der Waals surface area contributed by atoms with E-state index in [1.807, 2.05) is 0 Å². The molecule has 0 bridgehead atoms. The summed E-state index contributed by atoms with van der Waals surface area (Å²) in [5, 5.41) is 3.81. The summed E-state index contributed by atoms with van der Waals surface area (Å²) in [4.78, 5) is 25.7. The van der Waals surface area contributed by atoms with Crippen molar-refractivity contribution >= 4 is 75.4 Å². The van der Waals surface area contributed by atoms with E-state index in [1.54, 1.807) is 24.3 Å². The summed E-state index contributed by atoms with van der Waals surface area (Å²) in [5.41, 5.74) is 1.90. The quantitative estimate of drug-likeness (QED) is 0.254. The summed E-state index contributed by atoms with van der Waals surface area (Å²) >= 11 is 31.1. The van der Waals surface area contributed by atoms with Crippen LogP contribution in [0.2, 0.25) is 15.1 Å². The molecule has 3 nitrogen and oxygen atoms in total. The molecule has 0 aromatic heterocycles. The van der Waals surface area contributed by atoms with Crippen LogP contribution in [0, 0.1) is 11.7 Å². The third-order valence-corrected chi connectivity index (χ3v) is 7.10. The Hall–Kier alpha value is -1.82. The lowest BCUT2D eigenvalue weighted by Gasteiger charge is -2.09. The van der Waals surface area contributed by atoms with Crippen molar-refractivity contribution in [3.63, 3.8) is 0 Å². The fourth-order valence-electron chi connectivity index (χ4n) is 3.74. The molecule has 1 aliphatic rings. The lowest BCUT2D eigenvalue weighted by molar-refractivity contribution is -0.117. The molecule has 1 N–H and O–H groups in total. The molecule has 1 aliphatic carbocycles. The van der Waals surface area contributed by atoms with Crippen LogP contribution in [0.15, 0.2) is 60.7 Å². The highest BCUT2D eigenvalue weighted by Gasteiger charge is 2.67. The summed E-state index contributed by atoms with van der Waals surface area (Å²) in [6.45, 7) is 0. The molecule has 1 saturated carbocycles. The molecule has 33 heavy (non-hydrogen) atoms. The fourth-order valence-corrected chi connectivity index (χ4v) is 5.34. The van der Waals surface area contributed by atoms with Gasteiger partial charge in [-0.25, -0.2) is 4.39 Å². The van der Waals surface area contributed by atoms with Gasteiger partial charge in [-0.1, -0.05) is 46.9 Å². The third kappa shape index (κ3) is 5.31. The number of ketones is 1. The molecule has 0 heterocycles. The lowest BCUT2D eigenvalue weighted by Crippen LogP contribution is -2.17. The zero-order chi connectivity index (χ0) is 23.9. The first kappa shape index (κ1) is 24.3. The van der Waals surface area contributed by atoms with E-state index >= 15 is 0 Å². The van der Waals surface area contributed by atoms with Crippen molar-refractivity contribution in [1.29, 1.82) is 0 Å². The van der Waals surface area contributed by atoms with Crippen LogP contribution in [-0.4, -0.2) is 16.0 Å². The highest BCUT2D eigenvalue weighted by atomic mass is 35.5.